The highest BCUT2D eigenvalue weighted by Crippen LogP contribution is 2.21. The van der Waals surface area contributed by atoms with Crippen molar-refractivity contribution in [1.29, 1.82) is 0 Å². The summed E-state index contributed by atoms with van der Waals surface area (Å²) in [5.41, 5.74) is 6.46. The van der Waals surface area contributed by atoms with Crippen LogP contribution in [0.25, 0.3) is 0 Å². The molecule has 0 radical (unpaired) electrons. The lowest BCUT2D eigenvalue weighted by atomic mass is 10.00. The van der Waals surface area contributed by atoms with Gasteiger partial charge in [-0.2, -0.15) is 0 Å². The van der Waals surface area contributed by atoms with E-state index in [0.717, 1.165) is 12.0 Å². The molecule has 1 fully saturated rings. The number of carbonyl (C=O) groups is 2. The molecular weight excluding hydrogens is 272 g/mol. The minimum atomic E-state index is -1.000. The predicted molar refractivity (Wildman–Crippen MR) is 76.5 cm³/mol. The van der Waals surface area contributed by atoms with Crippen LogP contribution in [0.5, 0.6) is 0 Å². The van der Waals surface area contributed by atoms with Crippen LogP contribution in [-0.4, -0.2) is 41.2 Å². The number of likely N-dealkylation sites (tertiary alicyclic amines) is 1. The van der Waals surface area contributed by atoms with Crippen molar-refractivity contribution in [2.45, 2.75) is 25.5 Å². The molecule has 2 atom stereocenters. The molecule has 6 nitrogen and oxygen atoms in total. The van der Waals surface area contributed by atoms with Crippen LogP contribution in [0.4, 0.5) is 4.79 Å². The Morgan fingerprint density at radius 3 is 2.76 bits per heavy atom. The molecule has 1 aliphatic rings. The van der Waals surface area contributed by atoms with E-state index in [0.29, 0.717) is 19.5 Å². The molecule has 0 bridgehead atoms. The van der Waals surface area contributed by atoms with Crippen LogP contribution in [-0.2, 0) is 16.1 Å². The van der Waals surface area contributed by atoms with Crippen molar-refractivity contribution in [3.8, 4) is 0 Å². The molecule has 1 amide bonds. The van der Waals surface area contributed by atoms with Gasteiger partial charge in [-0.15, -0.1) is 0 Å². The summed E-state index contributed by atoms with van der Waals surface area (Å²) in [6, 6.07) is 8.61. The molecule has 2 rings (SSSR count). The summed E-state index contributed by atoms with van der Waals surface area (Å²) in [5.74, 6) is -0.875. The second-order valence-corrected chi connectivity index (χ2v) is 5.32. The molecule has 114 valence electrons. The zero-order valence-corrected chi connectivity index (χ0v) is 11.8. The molecule has 1 saturated heterocycles. The highest BCUT2D eigenvalue weighted by Gasteiger charge is 2.29. The van der Waals surface area contributed by atoms with Gasteiger partial charge in [0.05, 0.1) is 0 Å². The van der Waals surface area contributed by atoms with E-state index in [1.54, 1.807) is 4.90 Å². The summed E-state index contributed by atoms with van der Waals surface area (Å²) in [5, 5.41) is 8.80. The maximum Gasteiger partial charge on any atom is 0.410 e. The Bertz CT molecular complexity index is 492. The topological polar surface area (TPSA) is 92.9 Å². The molecule has 1 aromatic carbocycles. The third-order valence-corrected chi connectivity index (χ3v) is 3.65. The van der Waals surface area contributed by atoms with E-state index < -0.39 is 12.0 Å². The molecule has 0 aromatic heterocycles. The van der Waals surface area contributed by atoms with E-state index in [4.69, 9.17) is 15.6 Å². The first kappa shape index (κ1) is 15.3. The van der Waals surface area contributed by atoms with Crippen molar-refractivity contribution in [3.63, 3.8) is 0 Å². The van der Waals surface area contributed by atoms with Gasteiger partial charge in [0.25, 0.3) is 0 Å². The lowest BCUT2D eigenvalue weighted by molar-refractivity contribution is -0.138. The Labute approximate surface area is 123 Å². The van der Waals surface area contributed by atoms with Crippen LogP contribution in [0, 0.1) is 5.92 Å². The Balaban J connectivity index is 1.76. The lowest BCUT2D eigenvalue weighted by Gasteiger charge is -2.17. The first-order chi connectivity index (χ1) is 10.1. The Morgan fingerprint density at radius 2 is 2.10 bits per heavy atom. The van der Waals surface area contributed by atoms with Gasteiger partial charge in [0.2, 0.25) is 0 Å². The number of hydrogen-bond acceptors (Lipinski definition) is 4. The molecule has 3 N–H and O–H groups in total. The van der Waals surface area contributed by atoms with Crippen molar-refractivity contribution in [2.75, 3.05) is 13.1 Å². The lowest BCUT2D eigenvalue weighted by Crippen LogP contribution is -2.34. The quantitative estimate of drug-likeness (QED) is 0.856. The minimum absolute atomic E-state index is 0.125. The molecule has 21 heavy (non-hydrogen) atoms. The van der Waals surface area contributed by atoms with Crippen molar-refractivity contribution in [3.05, 3.63) is 35.9 Å². The van der Waals surface area contributed by atoms with E-state index in [1.165, 1.54) is 0 Å². The van der Waals surface area contributed by atoms with Gasteiger partial charge in [-0.1, -0.05) is 30.3 Å². The molecule has 6 heteroatoms. The average molecular weight is 292 g/mol. The SMILES string of the molecule is NC(CC1CCN(C(=O)OCc2ccccc2)C1)C(=O)O. The summed E-state index contributed by atoms with van der Waals surface area (Å²) in [4.78, 5) is 24.3. The van der Waals surface area contributed by atoms with Crippen LogP contribution in [0.1, 0.15) is 18.4 Å². The van der Waals surface area contributed by atoms with Crippen molar-refractivity contribution in [2.24, 2.45) is 11.7 Å². The third kappa shape index (κ3) is 4.46. The van der Waals surface area contributed by atoms with Gasteiger partial charge < -0.3 is 20.5 Å². The summed E-state index contributed by atoms with van der Waals surface area (Å²) in [6.07, 6.45) is 0.796. The normalized spacial score (nSPS) is 19.3. The minimum Gasteiger partial charge on any atom is -0.480 e. The number of rotatable bonds is 5. The monoisotopic (exact) mass is 292 g/mol. The number of ether oxygens (including phenoxy) is 1. The van der Waals surface area contributed by atoms with E-state index in [1.807, 2.05) is 30.3 Å². The predicted octanol–water partition coefficient (Wildman–Crippen LogP) is 1.45. The summed E-state index contributed by atoms with van der Waals surface area (Å²) < 4.78 is 5.25. The number of benzene rings is 1. The number of nitrogens with zero attached hydrogens (tertiary/aromatic N) is 1. The Kier molecular flexibility index (Phi) is 5.16. The van der Waals surface area contributed by atoms with Crippen molar-refractivity contribution in [1.82, 2.24) is 4.90 Å². The number of carboxylic acid groups (broad SMARTS) is 1. The molecule has 0 aliphatic carbocycles. The number of carboxylic acids is 1. The zero-order valence-electron chi connectivity index (χ0n) is 11.8. The van der Waals surface area contributed by atoms with E-state index in [2.05, 4.69) is 0 Å². The molecule has 2 unspecified atom stereocenters. The summed E-state index contributed by atoms with van der Waals surface area (Å²) in [6.45, 7) is 1.34. The maximum absolute atomic E-state index is 11.9. The Hall–Kier alpha value is -2.08. The average Bonchev–Trinajstić information content (AvgIpc) is 2.94. The van der Waals surface area contributed by atoms with Gasteiger partial charge in [0, 0.05) is 13.1 Å². The van der Waals surface area contributed by atoms with E-state index in [9.17, 15) is 9.59 Å². The van der Waals surface area contributed by atoms with Gasteiger partial charge in [-0.05, 0) is 24.3 Å². The number of amides is 1. The molecule has 1 heterocycles. The molecule has 1 aliphatic heterocycles. The molecule has 1 aromatic rings. The van der Waals surface area contributed by atoms with E-state index >= 15 is 0 Å². The van der Waals surface area contributed by atoms with Crippen LogP contribution in [0.15, 0.2) is 30.3 Å². The van der Waals surface area contributed by atoms with E-state index in [-0.39, 0.29) is 18.6 Å². The van der Waals surface area contributed by atoms with Crippen molar-refractivity contribution >= 4 is 12.1 Å². The second-order valence-electron chi connectivity index (χ2n) is 5.32. The van der Waals surface area contributed by atoms with Crippen LogP contribution >= 0.6 is 0 Å². The molecular formula is C15H20N2O4. The van der Waals surface area contributed by atoms with Crippen LogP contribution < -0.4 is 5.73 Å². The first-order valence-electron chi connectivity index (χ1n) is 7.00. The zero-order chi connectivity index (χ0) is 15.2. The standard InChI is InChI=1S/C15H20N2O4/c16-13(14(18)19)8-12-6-7-17(9-12)15(20)21-10-11-4-2-1-3-5-11/h1-5,12-13H,6-10,16H2,(H,18,19). The second kappa shape index (κ2) is 7.08. The number of hydrogen-bond donors (Lipinski definition) is 2. The van der Waals surface area contributed by atoms with Crippen molar-refractivity contribution < 1.29 is 19.4 Å². The third-order valence-electron chi connectivity index (χ3n) is 3.65. The van der Waals surface area contributed by atoms with Crippen LogP contribution in [0.2, 0.25) is 0 Å². The molecule has 0 spiro atoms. The van der Waals surface area contributed by atoms with Gasteiger partial charge in [0.1, 0.15) is 12.6 Å². The fourth-order valence-corrected chi connectivity index (χ4v) is 2.46. The maximum atomic E-state index is 11.9. The number of nitrogens with two attached hydrogens (primary N) is 1. The van der Waals surface area contributed by atoms with Gasteiger partial charge >= 0.3 is 12.1 Å². The highest BCUT2D eigenvalue weighted by molar-refractivity contribution is 5.73. The fraction of sp³-hybridized carbons (Fsp3) is 0.467. The largest absolute Gasteiger partial charge is 0.480 e. The fourth-order valence-electron chi connectivity index (χ4n) is 2.46. The smallest absolute Gasteiger partial charge is 0.410 e. The Morgan fingerprint density at radius 1 is 1.38 bits per heavy atom. The number of aliphatic carboxylic acids is 1. The van der Waals surface area contributed by atoms with Crippen LogP contribution in [0.3, 0.4) is 0 Å². The first-order valence-corrected chi connectivity index (χ1v) is 7.00. The molecule has 0 saturated carbocycles. The van der Waals surface area contributed by atoms with Gasteiger partial charge in [-0.25, -0.2) is 4.79 Å². The highest BCUT2D eigenvalue weighted by atomic mass is 16.6. The summed E-state index contributed by atoms with van der Waals surface area (Å²) in [7, 11) is 0. The van der Waals surface area contributed by atoms with Gasteiger partial charge in [0.15, 0.2) is 0 Å². The summed E-state index contributed by atoms with van der Waals surface area (Å²) >= 11 is 0. The van der Waals surface area contributed by atoms with Gasteiger partial charge in [-0.3, -0.25) is 4.79 Å². The number of carbonyl (C=O) groups excluding carboxylic acids is 1.